The molecule has 1 aromatic rings. The average molecular weight is 287 g/mol. The van der Waals surface area contributed by atoms with Crippen LogP contribution in [0, 0.1) is 11.6 Å². The van der Waals surface area contributed by atoms with Crippen LogP contribution in [0.4, 0.5) is 8.78 Å². The Morgan fingerprint density at radius 1 is 1.45 bits per heavy atom. The van der Waals surface area contributed by atoms with Crippen molar-refractivity contribution in [1.82, 2.24) is 4.90 Å². The van der Waals surface area contributed by atoms with E-state index in [0.29, 0.717) is 31.9 Å². The van der Waals surface area contributed by atoms with E-state index >= 15 is 0 Å². The fourth-order valence-electron chi connectivity index (χ4n) is 2.38. The number of benzene rings is 1. The van der Waals surface area contributed by atoms with Crippen LogP contribution in [0.25, 0.3) is 0 Å². The number of hydrogen-bond acceptors (Lipinski definition) is 4. The second kappa shape index (κ2) is 6.97. The maximum Gasteiger partial charge on any atom is 0.167 e. The fourth-order valence-corrected chi connectivity index (χ4v) is 2.38. The van der Waals surface area contributed by atoms with E-state index in [1.54, 1.807) is 0 Å². The quantitative estimate of drug-likeness (QED) is 0.892. The summed E-state index contributed by atoms with van der Waals surface area (Å²) in [6.07, 6.45) is 0.468. The number of methoxy groups -OCH3 is 1. The molecule has 1 aliphatic heterocycles. The first-order valence-corrected chi connectivity index (χ1v) is 6.61. The predicted octanol–water partition coefficient (Wildman–Crippen LogP) is 1.56. The zero-order valence-corrected chi connectivity index (χ0v) is 11.4. The van der Waals surface area contributed by atoms with Crippen LogP contribution in [0.5, 0.6) is 5.75 Å². The first-order valence-electron chi connectivity index (χ1n) is 6.61. The molecule has 0 saturated carbocycles. The normalized spacial score (nSPS) is 20.1. The van der Waals surface area contributed by atoms with E-state index in [1.807, 2.05) is 4.90 Å². The lowest BCUT2D eigenvalue weighted by Crippen LogP contribution is -2.42. The highest BCUT2D eigenvalue weighted by atomic mass is 19.2. The Morgan fingerprint density at radius 3 is 2.95 bits per heavy atom. The number of aliphatic hydroxyl groups excluding tert-OH is 1. The van der Waals surface area contributed by atoms with Gasteiger partial charge in [-0.15, -0.1) is 0 Å². The summed E-state index contributed by atoms with van der Waals surface area (Å²) < 4.78 is 37.8. The predicted molar refractivity (Wildman–Crippen MR) is 69.6 cm³/mol. The molecule has 20 heavy (non-hydrogen) atoms. The molecule has 0 aliphatic carbocycles. The Balaban J connectivity index is 2.11. The Kier molecular flexibility index (Phi) is 5.28. The molecule has 6 heteroatoms. The van der Waals surface area contributed by atoms with Gasteiger partial charge in [0.2, 0.25) is 0 Å². The van der Waals surface area contributed by atoms with Crippen molar-refractivity contribution in [3.05, 3.63) is 29.3 Å². The minimum Gasteiger partial charge on any atom is -0.496 e. The van der Waals surface area contributed by atoms with Crippen LogP contribution in [-0.2, 0) is 11.3 Å². The number of ether oxygens (including phenoxy) is 2. The Labute approximate surface area is 116 Å². The highest BCUT2D eigenvalue weighted by Crippen LogP contribution is 2.26. The maximum absolute atomic E-state index is 13.9. The molecule has 1 aromatic carbocycles. The second-order valence-electron chi connectivity index (χ2n) is 4.78. The van der Waals surface area contributed by atoms with Crippen molar-refractivity contribution in [2.24, 2.45) is 0 Å². The molecule has 1 heterocycles. The van der Waals surface area contributed by atoms with Gasteiger partial charge in [-0.3, -0.25) is 4.90 Å². The number of halogens is 2. The summed E-state index contributed by atoms with van der Waals surface area (Å²) in [6, 6.07) is 2.49. The van der Waals surface area contributed by atoms with Crippen LogP contribution >= 0.6 is 0 Å². The van der Waals surface area contributed by atoms with Crippen molar-refractivity contribution in [2.45, 2.75) is 19.1 Å². The third kappa shape index (κ3) is 3.45. The molecule has 0 radical (unpaired) electrons. The highest BCUT2D eigenvalue weighted by Gasteiger charge is 2.23. The van der Waals surface area contributed by atoms with Crippen LogP contribution in [0.2, 0.25) is 0 Å². The molecule has 0 unspecified atom stereocenters. The summed E-state index contributed by atoms with van der Waals surface area (Å²) in [5, 5.41) is 8.93. The molecule has 0 amide bonds. The molecule has 112 valence electrons. The Morgan fingerprint density at radius 2 is 2.25 bits per heavy atom. The fraction of sp³-hybridized carbons (Fsp3) is 0.571. The molecular formula is C14H19F2NO3. The number of nitrogens with zero attached hydrogens (tertiary/aromatic N) is 1. The van der Waals surface area contributed by atoms with E-state index in [2.05, 4.69) is 0 Å². The summed E-state index contributed by atoms with van der Waals surface area (Å²) in [4.78, 5) is 1.98. The van der Waals surface area contributed by atoms with Crippen LogP contribution in [0.1, 0.15) is 12.0 Å². The lowest BCUT2D eigenvalue weighted by molar-refractivity contribution is -0.0411. The number of hydrogen-bond donors (Lipinski definition) is 1. The Bertz CT molecular complexity index is 454. The van der Waals surface area contributed by atoms with Crippen LogP contribution in [-0.4, -0.2) is 49.5 Å². The highest BCUT2D eigenvalue weighted by molar-refractivity contribution is 5.35. The lowest BCUT2D eigenvalue weighted by atomic mass is 10.1. The molecule has 1 saturated heterocycles. The first-order chi connectivity index (χ1) is 9.65. The summed E-state index contributed by atoms with van der Waals surface area (Å²) in [5.41, 5.74) is 0.220. The van der Waals surface area contributed by atoms with Gasteiger partial charge in [-0.25, -0.2) is 8.78 Å². The van der Waals surface area contributed by atoms with Crippen molar-refractivity contribution >= 4 is 0 Å². The third-order valence-corrected chi connectivity index (χ3v) is 3.43. The average Bonchev–Trinajstić information content (AvgIpc) is 2.45. The smallest absolute Gasteiger partial charge is 0.167 e. The minimum absolute atomic E-state index is 0.0517. The van der Waals surface area contributed by atoms with Crippen molar-refractivity contribution < 1.29 is 23.4 Å². The van der Waals surface area contributed by atoms with Crippen molar-refractivity contribution in [2.75, 3.05) is 33.4 Å². The van der Waals surface area contributed by atoms with Gasteiger partial charge in [-0.1, -0.05) is 0 Å². The van der Waals surface area contributed by atoms with Gasteiger partial charge >= 0.3 is 0 Å². The molecule has 2 rings (SSSR count). The molecule has 1 atom stereocenters. The van der Waals surface area contributed by atoms with Crippen LogP contribution in [0.15, 0.2) is 12.1 Å². The molecule has 1 fully saturated rings. The van der Waals surface area contributed by atoms with E-state index < -0.39 is 11.6 Å². The van der Waals surface area contributed by atoms with Gasteiger partial charge < -0.3 is 14.6 Å². The van der Waals surface area contributed by atoms with E-state index in [9.17, 15) is 8.78 Å². The maximum atomic E-state index is 13.9. The topological polar surface area (TPSA) is 41.9 Å². The van der Waals surface area contributed by atoms with Gasteiger partial charge in [-0.05, 0) is 18.6 Å². The summed E-state index contributed by atoms with van der Waals surface area (Å²) in [5.74, 6) is -1.40. The summed E-state index contributed by atoms with van der Waals surface area (Å²) >= 11 is 0. The van der Waals surface area contributed by atoms with Gasteiger partial charge in [0.25, 0.3) is 0 Å². The van der Waals surface area contributed by atoms with Gasteiger partial charge in [0.15, 0.2) is 11.6 Å². The van der Waals surface area contributed by atoms with Crippen molar-refractivity contribution in [3.63, 3.8) is 0 Å². The monoisotopic (exact) mass is 287 g/mol. The lowest BCUT2D eigenvalue weighted by Gasteiger charge is -2.33. The number of rotatable bonds is 5. The standard InChI is InChI=1S/C14H19F2NO3/c1-19-13-3-2-12(15)14(16)11(13)9-17-5-7-20-10(8-17)4-6-18/h2-3,10,18H,4-9H2,1H3/t10-/m1/s1. The molecule has 4 nitrogen and oxygen atoms in total. The van der Waals surface area contributed by atoms with E-state index in [0.717, 1.165) is 6.07 Å². The zero-order valence-electron chi connectivity index (χ0n) is 11.4. The van der Waals surface area contributed by atoms with Crippen LogP contribution < -0.4 is 4.74 Å². The molecule has 0 spiro atoms. The molecule has 1 N–H and O–H groups in total. The van der Waals surface area contributed by atoms with E-state index in [1.165, 1.54) is 13.2 Å². The zero-order chi connectivity index (χ0) is 14.5. The molecule has 0 bridgehead atoms. The van der Waals surface area contributed by atoms with Gasteiger partial charge in [0.05, 0.1) is 19.8 Å². The third-order valence-electron chi connectivity index (χ3n) is 3.43. The van der Waals surface area contributed by atoms with Gasteiger partial charge in [0, 0.05) is 31.8 Å². The van der Waals surface area contributed by atoms with E-state index in [4.69, 9.17) is 14.6 Å². The summed E-state index contributed by atoms with van der Waals surface area (Å²) in [7, 11) is 1.43. The van der Waals surface area contributed by atoms with Crippen molar-refractivity contribution in [3.8, 4) is 5.75 Å². The van der Waals surface area contributed by atoms with Gasteiger partial charge in [0.1, 0.15) is 5.75 Å². The number of aliphatic hydroxyl groups is 1. The van der Waals surface area contributed by atoms with E-state index in [-0.39, 0.29) is 24.8 Å². The van der Waals surface area contributed by atoms with Crippen molar-refractivity contribution in [1.29, 1.82) is 0 Å². The minimum atomic E-state index is -0.874. The Hall–Kier alpha value is -1.24. The largest absolute Gasteiger partial charge is 0.496 e. The molecular weight excluding hydrogens is 268 g/mol. The van der Waals surface area contributed by atoms with Crippen LogP contribution in [0.3, 0.4) is 0 Å². The summed E-state index contributed by atoms with van der Waals surface area (Å²) in [6.45, 7) is 2.05. The number of morpholine rings is 1. The molecule has 1 aliphatic rings. The SMILES string of the molecule is COc1ccc(F)c(F)c1CN1CCO[C@H](CCO)C1. The van der Waals surface area contributed by atoms with Gasteiger partial charge in [-0.2, -0.15) is 0 Å². The second-order valence-corrected chi connectivity index (χ2v) is 4.78. The first kappa shape index (κ1) is 15.2. The molecule has 0 aromatic heterocycles.